The largest absolute Gasteiger partial charge is 0.393 e. The van der Waals surface area contributed by atoms with E-state index in [4.69, 9.17) is 0 Å². The average Bonchev–Trinajstić information content (AvgIpc) is 2.32. The maximum Gasteiger partial charge on any atom is 0.0589 e. The number of aliphatic hydroxyl groups excluding tert-OH is 6. The van der Waals surface area contributed by atoms with Crippen molar-refractivity contribution in [2.24, 2.45) is 0 Å². The van der Waals surface area contributed by atoms with Crippen LogP contribution in [0, 0.1) is 0 Å². The predicted molar refractivity (Wildman–Crippen MR) is 73.0 cm³/mol. The first-order valence-electron chi connectivity index (χ1n) is 7.45. The van der Waals surface area contributed by atoms with Gasteiger partial charge in [0.15, 0.2) is 0 Å². The van der Waals surface area contributed by atoms with Crippen LogP contribution in [0.3, 0.4) is 0 Å². The van der Waals surface area contributed by atoms with Crippen molar-refractivity contribution in [2.45, 2.75) is 88.0 Å². The molecular weight excluding hydrogens is 264 g/mol. The molecule has 1 fully saturated rings. The molecule has 6 N–H and O–H groups in total. The van der Waals surface area contributed by atoms with Crippen molar-refractivity contribution in [2.75, 3.05) is 0 Å². The number of hydrogen-bond acceptors (Lipinski definition) is 6. The highest BCUT2D eigenvalue weighted by Crippen LogP contribution is 2.18. The lowest BCUT2D eigenvalue weighted by molar-refractivity contribution is 0.00228. The van der Waals surface area contributed by atoms with Crippen LogP contribution in [0.15, 0.2) is 0 Å². The van der Waals surface area contributed by atoms with Crippen LogP contribution in [0.5, 0.6) is 0 Å². The summed E-state index contributed by atoms with van der Waals surface area (Å²) in [6, 6.07) is 0. The van der Waals surface area contributed by atoms with Crippen LogP contribution in [0.2, 0.25) is 0 Å². The van der Waals surface area contributed by atoms with Crippen LogP contribution in [-0.2, 0) is 0 Å². The first-order valence-corrected chi connectivity index (χ1v) is 7.45. The molecule has 1 aliphatic carbocycles. The van der Waals surface area contributed by atoms with E-state index in [1.807, 2.05) is 0 Å². The fourth-order valence-corrected chi connectivity index (χ4v) is 2.69. The molecule has 0 aromatic rings. The SMILES string of the molecule is OC1CCC(O)CC(O)CC(O)CCC(O)CC(O)C1. The summed E-state index contributed by atoms with van der Waals surface area (Å²) in [5, 5.41) is 58.5. The fraction of sp³-hybridized carbons (Fsp3) is 1.00. The molecule has 1 rings (SSSR count). The Morgan fingerprint density at radius 3 is 0.750 bits per heavy atom. The first-order chi connectivity index (χ1) is 9.36. The van der Waals surface area contributed by atoms with E-state index < -0.39 is 36.6 Å². The van der Waals surface area contributed by atoms with Gasteiger partial charge in [-0.3, -0.25) is 0 Å². The van der Waals surface area contributed by atoms with Crippen molar-refractivity contribution in [3.05, 3.63) is 0 Å². The average molecular weight is 292 g/mol. The van der Waals surface area contributed by atoms with Crippen molar-refractivity contribution in [3.63, 3.8) is 0 Å². The van der Waals surface area contributed by atoms with Gasteiger partial charge in [0.2, 0.25) is 0 Å². The Kier molecular flexibility index (Phi) is 7.94. The Hall–Kier alpha value is -0.240. The van der Waals surface area contributed by atoms with Gasteiger partial charge in [-0.05, 0) is 51.4 Å². The van der Waals surface area contributed by atoms with Crippen LogP contribution in [0.4, 0.5) is 0 Å². The molecule has 20 heavy (non-hydrogen) atoms. The molecule has 4 unspecified atom stereocenters. The van der Waals surface area contributed by atoms with Gasteiger partial charge in [-0.2, -0.15) is 0 Å². The number of rotatable bonds is 0. The van der Waals surface area contributed by atoms with E-state index in [0.29, 0.717) is 25.7 Å². The van der Waals surface area contributed by atoms with Crippen LogP contribution in [0.25, 0.3) is 0 Å². The monoisotopic (exact) mass is 292 g/mol. The summed E-state index contributed by atoms with van der Waals surface area (Å²) in [5.74, 6) is 0. The van der Waals surface area contributed by atoms with Crippen LogP contribution in [0.1, 0.15) is 51.4 Å². The predicted octanol–water partition coefficient (Wildman–Crippen LogP) is -0.714. The quantitative estimate of drug-likeness (QED) is 0.351. The number of hydrogen-bond donors (Lipinski definition) is 6. The smallest absolute Gasteiger partial charge is 0.0589 e. The lowest BCUT2D eigenvalue weighted by Crippen LogP contribution is -2.28. The molecule has 0 bridgehead atoms. The second-order valence-electron chi connectivity index (χ2n) is 6.02. The third kappa shape index (κ3) is 7.52. The maximum absolute atomic E-state index is 9.75. The van der Waals surface area contributed by atoms with Crippen molar-refractivity contribution in [1.82, 2.24) is 0 Å². The summed E-state index contributed by atoms with van der Waals surface area (Å²) in [7, 11) is 0. The second kappa shape index (κ2) is 8.92. The standard InChI is InChI=1S/C14H28O6/c15-9-1-2-10(16)6-14(20)8-12(18)4-3-11(17)7-13(19)5-9/h9-20H,1-8H2. The van der Waals surface area contributed by atoms with Gasteiger partial charge in [0.25, 0.3) is 0 Å². The zero-order chi connectivity index (χ0) is 15.1. The Morgan fingerprint density at radius 1 is 0.350 bits per heavy atom. The summed E-state index contributed by atoms with van der Waals surface area (Å²) in [4.78, 5) is 0. The van der Waals surface area contributed by atoms with Crippen molar-refractivity contribution in [3.8, 4) is 0 Å². The summed E-state index contributed by atoms with van der Waals surface area (Å²) in [6.45, 7) is 0. The maximum atomic E-state index is 9.75. The lowest BCUT2D eigenvalue weighted by Gasteiger charge is -2.23. The van der Waals surface area contributed by atoms with Gasteiger partial charge in [0, 0.05) is 0 Å². The number of aliphatic hydroxyl groups is 6. The Morgan fingerprint density at radius 2 is 0.550 bits per heavy atom. The zero-order valence-corrected chi connectivity index (χ0v) is 11.8. The second-order valence-corrected chi connectivity index (χ2v) is 6.02. The van der Waals surface area contributed by atoms with Gasteiger partial charge >= 0.3 is 0 Å². The van der Waals surface area contributed by atoms with E-state index >= 15 is 0 Å². The molecule has 0 heterocycles. The summed E-state index contributed by atoms with van der Waals surface area (Å²) >= 11 is 0. The van der Waals surface area contributed by atoms with Crippen LogP contribution < -0.4 is 0 Å². The molecule has 120 valence electrons. The highest BCUT2D eigenvalue weighted by Gasteiger charge is 2.22. The highest BCUT2D eigenvalue weighted by molar-refractivity contribution is 4.74. The van der Waals surface area contributed by atoms with Gasteiger partial charge in [-0.25, -0.2) is 0 Å². The van der Waals surface area contributed by atoms with Gasteiger partial charge in [-0.1, -0.05) is 0 Å². The third-order valence-electron chi connectivity index (χ3n) is 3.84. The Labute approximate surface area is 119 Å². The van der Waals surface area contributed by atoms with E-state index in [2.05, 4.69) is 0 Å². The van der Waals surface area contributed by atoms with Crippen molar-refractivity contribution < 1.29 is 30.6 Å². The molecule has 6 heteroatoms. The molecule has 1 saturated carbocycles. The highest BCUT2D eigenvalue weighted by atomic mass is 16.3. The van der Waals surface area contributed by atoms with Crippen molar-refractivity contribution in [1.29, 1.82) is 0 Å². The third-order valence-corrected chi connectivity index (χ3v) is 3.84. The van der Waals surface area contributed by atoms with E-state index in [9.17, 15) is 30.6 Å². The van der Waals surface area contributed by atoms with Gasteiger partial charge in [0.1, 0.15) is 0 Å². The Bertz CT molecular complexity index is 212. The molecule has 0 aromatic carbocycles. The fourth-order valence-electron chi connectivity index (χ4n) is 2.69. The molecule has 4 atom stereocenters. The van der Waals surface area contributed by atoms with E-state index in [-0.39, 0.29) is 25.7 Å². The molecule has 1 aliphatic rings. The van der Waals surface area contributed by atoms with Gasteiger partial charge in [-0.15, -0.1) is 0 Å². The normalized spacial score (nSPS) is 42.9. The molecule has 0 radical (unpaired) electrons. The van der Waals surface area contributed by atoms with Crippen LogP contribution >= 0.6 is 0 Å². The summed E-state index contributed by atoms with van der Waals surface area (Å²) < 4.78 is 0. The minimum Gasteiger partial charge on any atom is -0.393 e. The molecule has 6 nitrogen and oxygen atoms in total. The molecule has 0 aromatic heterocycles. The molecule has 0 spiro atoms. The molecule has 0 aliphatic heterocycles. The van der Waals surface area contributed by atoms with E-state index in [1.54, 1.807) is 0 Å². The minimum atomic E-state index is -0.789. The summed E-state index contributed by atoms with van der Waals surface area (Å²) in [6.07, 6.45) is -2.48. The molecular formula is C14H28O6. The van der Waals surface area contributed by atoms with Gasteiger partial charge < -0.3 is 30.6 Å². The van der Waals surface area contributed by atoms with E-state index in [1.165, 1.54) is 0 Å². The lowest BCUT2D eigenvalue weighted by atomic mass is 9.94. The summed E-state index contributed by atoms with van der Waals surface area (Å²) in [5.41, 5.74) is 0. The first kappa shape index (κ1) is 17.8. The zero-order valence-electron chi connectivity index (χ0n) is 11.8. The van der Waals surface area contributed by atoms with E-state index in [0.717, 1.165) is 0 Å². The van der Waals surface area contributed by atoms with Crippen LogP contribution in [-0.4, -0.2) is 67.3 Å². The molecule has 0 saturated heterocycles. The van der Waals surface area contributed by atoms with Crippen molar-refractivity contribution >= 4 is 0 Å². The minimum absolute atomic E-state index is 0.162. The Balaban J connectivity index is 2.55. The topological polar surface area (TPSA) is 121 Å². The molecule has 0 amide bonds. The van der Waals surface area contributed by atoms with Gasteiger partial charge in [0.05, 0.1) is 36.6 Å².